The third kappa shape index (κ3) is 3.48. The van der Waals surface area contributed by atoms with Crippen LogP contribution in [0.25, 0.3) is 5.95 Å². The van der Waals surface area contributed by atoms with Gasteiger partial charge in [0.15, 0.2) is 17.3 Å². The van der Waals surface area contributed by atoms with Gasteiger partial charge in [-0.15, -0.1) is 10.2 Å². The van der Waals surface area contributed by atoms with E-state index in [0.29, 0.717) is 28.6 Å². The highest BCUT2D eigenvalue weighted by molar-refractivity contribution is 9.10. The Morgan fingerprint density at radius 2 is 2.00 bits per heavy atom. The zero-order valence-corrected chi connectivity index (χ0v) is 16.5. The molecular weight excluding hydrogens is 400 g/mol. The lowest BCUT2D eigenvalue weighted by Crippen LogP contribution is -2.08. The Morgan fingerprint density at radius 3 is 2.65 bits per heavy atom. The Morgan fingerprint density at radius 1 is 1.23 bits per heavy atom. The highest BCUT2D eigenvalue weighted by Crippen LogP contribution is 2.35. The van der Waals surface area contributed by atoms with E-state index in [1.165, 1.54) is 0 Å². The van der Waals surface area contributed by atoms with E-state index in [1.807, 2.05) is 33.8 Å². The number of aromatic nitrogens is 5. The summed E-state index contributed by atoms with van der Waals surface area (Å²) in [5, 5.41) is 27.2. The van der Waals surface area contributed by atoms with Gasteiger partial charge in [-0.25, -0.2) is 4.68 Å². The van der Waals surface area contributed by atoms with Crippen LogP contribution in [0.15, 0.2) is 27.8 Å². The SMILES string of the molecule is CCOc1cc(/C=N\n2c(C)nnc2-n2nc(C)cc2C)cc(Br)c1O. The lowest BCUT2D eigenvalue weighted by atomic mass is 10.2. The second kappa shape index (κ2) is 7.28. The number of aryl methyl sites for hydroxylation is 3. The molecule has 2 aromatic heterocycles. The molecule has 0 fully saturated rings. The minimum atomic E-state index is 0.0628. The highest BCUT2D eigenvalue weighted by Gasteiger charge is 2.14. The van der Waals surface area contributed by atoms with Crippen LogP contribution in [0.5, 0.6) is 11.5 Å². The summed E-state index contributed by atoms with van der Waals surface area (Å²) in [5.74, 6) is 1.59. The maximum absolute atomic E-state index is 10.0. The second-order valence-corrected chi connectivity index (χ2v) is 6.58. The van der Waals surface area contributed by atoms with Gasteiger partial charge in [0.25, 0.3) is 5.95 Å². The van der Waals surface area contributed by atoms with Crippen molar-refractivity contribution in [2.24, 2.45) is 5.10 Å². The summed E-state index contributed by atoms with van der Waals surface area (Å²) in [4.78, 5) is 0. The second-order valence-electron chi connectivity index (χ2n) is 5.72. The van der Waals surface area contributed by atoms with E-state index < -0.39 is 0 Å². The first-order valence-corrected chi connectivity index (χ1v) is 8.85. The molecular formula is C17H19BrN6O2. The van der Waals surface area contributed by atoms with Crippen molar-refractivity contribution in [3.05, 3.63) is 45.4 Å². The van der Waals surface area contributed by atoms with Gasteiger partial charge in [0.2, 0.25) is 0 Å². The molecule has 8 nitrogen and oxygen atoms in total. The number of phenols is 1. The van der Waals surface area contributed by atoms with Gasteiger partial charge < -0.3 is 9.84 Å². The molecule has 0 unspecified atom stereocenters. The Kier molecular flexibility index (Phi) is 5.08. The lowest BCUT2D eigenvalue weighted by molar-refractivity contribution is 0.317. The Hall–Kier alpha value is -2.68. The highest BCUT2D eigenvalue weighted by atomic mass is 79.9. The van der Waals surface area contributed by atoms with Gasteiger partial charge in [-0.3, -0.25) is 0 Å². The number of benzene rings is 1. The van der Waals surface area contributed by atoms with Crippen LogP contribution in [0, 0.1) is 20.8 Å². The summed E-state index contributed by atoms with van der Waals surface area (Å²) < 4.78 is 9.29. The van der Waals surface area contributed by atoms with Crippen LogP contribution in [-0.2, 0) is 0 Å². The number of nitrogens with zero attached hydrogens (tertiary/aromatic N) is 6. The zero-order valence-electron chi connectivity index (χ0n) is 14.9. The van der Waals surface area contributed by atoms with E-state index in [-0.39, 0.29) is 5.75 Å². The molecule has 0 atom stereocenters. The number of rotatable bonds is 5. The molecule has 0 bridgehead atoms. The third-order valence-corrected chi connectivity index (χ3v) is 4.26. The average Bonchev–Trinajstić information content (AvgIpc) is 3.11. The monoisotopic (exact) mass is 418 g/mol. The van der Waals surface area contributed by atoms with Crippen LogP contribution in [0.3, 0.4) is 0 Å². The van der Waals surface area contributed by atoms with Crippen molar-refractivity contribution in [1.29, 1.82) is 0 Å². The summed E-state index contributed by atoms with van der Waals surface area (Å²) in [5.41, 5.74) is 2.59. The van der Waals surface area contributed by atoms with Crippen molar-refractivity contribution in [2.75, 3.05) is 6.61 Å². The number of phenolic OH excluding ortho intramolecular Hbond substituents is 1. The molecule has 0 saturated carbocycles. The van der Waals surface area contributed by atoms with E-state index >= 15 is 0 Å². The van der Waals surface area contributed by atoms with Crippen molar-refractivity contribution in [1.82, 2.24) is 24.7 Å². The van der Waals surface area contributed by atoms with Crippen LogP contribution in [0.2, 0.25) is 0 Å². The summed E-state index contributed by atoms with van der Waals surface area (Å²) >= 11 is 3.33. The van der Waals surface area contributed by atoms with Gasteiger partial charge >= 0.3 is 0 Å². The smallest absolute Gasteiger partial charge is 0.273 e. The zero-order chi connectivity index (χ0) is 18.8. The molecule has 9 heteroatoms. The van der Waals surface area contributed by atoms with Gasteiger partial charge in [0, 0.05) is 5.69 Å². The van der Waals surface area contributed by atoms with Crippen LogP contribution < -0.4 is 4.74 Å². The molecule has 26 heavy (non-hydrogen) atoms. The summed E-state index contributed by atoms with van der Waals surface area (Å²) in [6.45, 7) is 7.99. The van der Waals surface area contributed by atoms with Crippen LogP contribution in [0.4, 0.5) is 0 Å². The van der Waals surface area contributed by atoms with E-state index in [2.05, 4.69) is 36.3 Å². The van der Waals surface area contributed by atoms with Crippen LogP contribution in [-0.4, -0.2) is 42.6 Å². The quantitative estimate of drug-likeness (QED) is 0.642. The maximum Gasteiger partial charge on any atom is 0.273 e. The summed E-state index contributed by atoms with van der Waals surface area (Å²) in [6.07, 6.45) is 1.65. The largest absolute Gasteiger partial charge is 0.503 e. The van der Waals surface area contributed by atoms with Gasteiger partial charge in [-0.2, -0.15) is 14.9 Å². The number of aromatic hydroxyl groups is 1. The molecule has 136 valence electrons. The predicted octanol–water partition coefficient (Wildman–Crippen LogP) is 3.14. The molecule has 3 rings (SSSR count). The van der Waals surface area contributed by atoms with Gasteiger partial charge in [0.1, 0.15) is 0 Å². The van der Waals surface area contributed by atoms with E-state index in [1.54, 1.807) is 27.7 Å². The minimum absolute atomic E-state index is 0.0628. The van der Waals surface area contributed by atoms with Gasteiger partial charge in [-0.1, -0.05) is 0 Å². The summed E-state index contributed by atoms with van der Waals surface area (Å²) in [7, 11) is 0. The van der Waals surface area contributed by atoms with Crippen LogP contribution >= 0.6 is 15.9 Å². The molecule has 0 spiro atoms. The lowest BCUT2D eigenvalue weighted by Gasteiger charge is -2.08. The molecule has 0 radical (unpaired) electrons. The fourth-order valence-corrected chi connectivity index (χ4v) is 2.96. The molecule has 1 N–H and O–H groups in total. The minimum Gasteiger partial charge on any atom is -0.503 e. The van der Waals surface area contributed by atoms with E-state index in [4.69, 9.17) is 4.74 Å². The third-order valence-electron chi connectivity index (χ3n) is 3.65. The first-order valence-electron chi connectivity index (χ1n) is 8.06. The topological polar surface area (TPSA) is 90.4 Å². The first kappa shape index (κ1) is 18.1. The molecule has 0 saturated heterocycles. The average molecular weight is 419 g/mol. The Labute approximate surface area is 159 Å². The van der Waals surface area contributed by atoms with Crippen molar-refractivity contribution in [3.63, 3.8) is 0 Å². The number of ether oxygens (including phenoxy) is 1. The Balaban J connectivity index is 2.00. The van der Waals surface area contributed by atoms with Gasteiger partial charge in [0.05, 0.1) is 23.0 Å². The molecule has 2 heterocycles. The fourth-order valence-electron chi connectivity index (χ4n) is 2.50. The standard InChI is InChI=1S/C17H19BrN6O2/c1-5-26-15-8-13(7-14(18)16(15)25)9-19-24-12(4)20-21-17(24)23-11(3)6-10(2)22-23/h6-9,25H,5H2,1-4H3/b19-9-. The molecule has 0 amide bonds. The molecule has 0 aliphatic rings. The molecule has 1 aromatic carbocycles. The van der Waals surface area contributed by atoms with Crippen LogP contribution in [0.1, 0.15) is 29.7 Å². The first-order chi connectivity index (χ1) is 12.4. The van der Waals surface area contributed by atoms with Gasteiger partial charge in [-0.05, 0) is 67.4 Å². The van der Waals surface area contributed by atoms with Crippen molar-refractivity contribution < 1.29 is 9.84 Å². The maximum atomic E-state index is 10.0. The Bertz CT molecular complexity index is 976. The van der Waals surface area contributed by atoms with Crippen molar-refractivity contribution in [3.8, 4) is 17.4 Å². The molecule has 3 aromatic rings. The van der Waals surface area contributed by atoms with Crippen molar-refractivity contribution in [2.45, 2.75) is 27.7 Å². The summed E-state index contributed by atoms with van der Waals surface area (Å²) in [6, 6.07) is 5.43. The predicted molar refractivity (Wildman–Crippen MR) is 101 cm³/mol. The number of hydrogen-bond donors (Lipinski definition) is 1. The molecule has 0 aliphatic carbocycles. The normalized spacial score (nSPS) is 11.4. The fraction of sp³-hybridized carbons (Fsp3) is 0.294. The van der Waals surface area contributed by atoms with E-state index in [9.17, 15) is 5.11 Å². The molecule has 0 aliphatic heterocycles. The van der Waals surface area contributed by atoms with E-state index in [0.717, 1.165) is 17.0 Å². The number of hydrogen-bond acceptors (Lipinski definition) is 6. The van der Waals surface area contributed by atoms with Crippen molar-refractivity contribution >= 4 is 22.1 Å². The number of halogens is 1.